The predicted octanol–water partition coefficient (Wildman–Crippen LogP) is 4.43. The molecule has 1 aromatic carbocycles. The summed E-state index contributed by atoms with van der Waals surface area (Å²) < 4.78 is 0. The van der Waals surface area contributed by atoms with Crippen LogP contribution in [-0.2, 0) is 5.41 Å². The average molecular weight is 298 g/mol. The number of nitrogens with zero attached hydrogens (tertiary/aromatic N) is 1. The molecule has 0 aliphatic carbocycles. The van der Waals surface area contributed by atoms with Crippen molar-refractivity contribution in [3.05, 3.63) is 33.4 Å². The van der Waals surface area contributed by atoms with Crippen molar-refractivity contribution in [3.8, 4) is 0 Å². The lowest BCUT2D eigenvalue weighted by Crippen LogP contribution is -2.16. The number of nitrogens with one attached hydrogen (secondary N) is 1. The molecule has 0 fully saturated rings. The van der Waals surface area contributed by atoms with Gasteiger partial charge < -0.3 is 5.43 Å². The Kier molecular flexibility index (Phi) is 3.65. The summed E-state index contributed by atoms with van der Waals surface area (Å²) in [4.78, 5) is 4.64. The van der Waals surface area contributed by atoms with E-state index in [9.17, 15) is 0 Å². The second-order valence-corrected chi connectivity index (χ2v) is 6.45. The van der Waals surface area contributed by atoms with Crippen molar-refractivity contribution in [3.63, 3.8) is 0 Å². The van der Waals surface area contributed by atoms with Gasteiger partial charge in [-0.2, -0.15) is 0 Å². The molecule has 102 valence electrons. The summed E-state index contributed by atoms with van der Waals surface area (Å²) in [6.45, 7) is 8.17. The van der Waals surface area contributed by atoms with Crippen LogP contribution in [0.4, 0.5) is 5.69 Å². The van der Waals surface area contributed by atoms with E-state index in [1.165, 1.54) is 0 Å². The molecule has 0 aliphatic rings. The summed E-state index contributed by atoms with van der Waals surface area (Å²) in [6, 6.07) is 3.75. The summed E-state index contributed by atoms with van der Waals surface area (Å²) in [5.74, 6) is 5.62. The third-order valence-corrected chi connectivity index (χ3v) is 3.85. The van der Waals surface area contributed by atoms with Gasteiger partial charge in [-0.1, -0.05) is 44.0 Å². The van der Waals surface area contributed by atoms with Crippen LogP contribution in [0.25, 0.3) is 10.9 Å². The van der Waals surface area contributed by atoms with Crippen LogP contribution < -0.4 is 11.3 Å². The molecule has 0 atom stereocenters. The largest absolute Gasteiger partial charge is 0.323 e. The number of hydrazine groups is 1. The number of aromatic nitrogens is 1. The van der Waals surface area contributed by atoms with Crippen LogP contribution in [-0.4, -0.2) is 4.98 Å². The zero-order valence-corrected chi connectivity index (χ0v) is 12.9. The van der Waals surface area contributed by atoms with Gasteiger partial charge in [0.25, 0.3) is 0 Å². The molecule has 0 aliphatic heterocycles. The highest BCUT2D eigenvalue weighted by atomic mass is 35.5. The van der Waals surface area contributed by atoms with E-state index in [0.29, 0.717) is 15.6 Å². The number of fused-ring (bicyclic) bond motifs is 1. The number of hydrogen-bond acceptors (Lipinski definition) is 3. The monoisotopic (exact) mass is 297 g/mol. The smallest absolute Gasteiger partial charge is 0.0928 e. The first-order valence-electron chi connectivity index (χ1n) is 6.02. The number of pyridine rings is 1. The number of nitrogen functional groups attached to an aromatic ring is 1. The highest BCUT2D eigenvalue weighted by Gasteiger charge is 2.20. The van der Waals surface area contributed by atoms with Gasteiger partial charge in [-0.3, -0.25) is 10.8 Å². The highest BCUT2D eigenvalue weighted by Crippen LogP contribution is 2.38. The molecule has 1 aromatic heterocycles. The third-order valence-electron chi connectivity index (χ3n) is 3.08. The fraction of sp³-hybridized carbons (Fsp3) is 0.357. The molecule has 0 unspecified atom stereocenters. The minimum atomic E-state index is -0.0967. The first-order valence-corrected chi connectivity index (χ1v) is 6.77. The van der Waals surface area contributed by atoms with Gasteiger partial charge in [-0.05, 0) is 24.6 Å². The van der Waals surface area contributed by atoms with E-state index >= 15 is 0 Å². The third kappa shape index (κ3) is 2.50. The lowest BCUT2D eigenvalue weighted by molar-refractivity contribution is 0.572. The predicted molar refractivity (Wildman–Crippen MR) is 83.0 cm³/mol. The molecule has 0 radical (unpaired) electrons. The Balaban J connectivity index is 2.93. The van der Waals surface area contributed by atoms with E-state index in [2.05, 4.69) is 31.2 Å². The van der Waals surface area contributed by atoms with Crippen LogP contribution in [0.3, 0.4) is 0 Å². The second kappa shape index (κ2) is 4.82. The standard InChI is InChI=1S/C14H17Cl2N3/c1-7-5-8(15)13-11(12(7)16)9(19-17)6-10(18-13)14(2,3)4/h5-6H,17H2,1-4H3,(H,18,19). The van der Waals surface area contributed by atoms with Crippen LogP contribution in [0.15, 0.2) is 12.1 Å². The van der Waals surface area contributed by atoms with Crippen molar-refractivity contribution < 1.29 is 0 Å². The van der Waals surface area contributed by atoms with Crippen LogP contribution in [0, 0.1) is 6.92 Å². The van der Waals surface area contributed by atoms with Crippen molar-refractivity contribution in [2.75, 3.05) is 5.43 Å². The fourth-order valence-electron chi connectivity index (χ4n) is 1.96. The first-order chi connectivity index (χ1) is 8.75. The fourth-order valence-corrected chi connectivity index (χ4v) is 2.50. The molecular weight excluding hydrogens is 281 g/mol. The van der Waals surface area contributed by atoms with E-state index < -0.39 is 0 Å². The SMILES string of the molecule is Cc1cc(Cl)c2nc(C(C)(C)C)cc(NN)c2c1Cl. The lowest BCUT2D eigenvalue weighted by Gasteiger charge is -2.21. The van der Waals surface area contributed by atoms with Gasteiger partial charge in [-0.15, -0.1) is 0 Å². The Morgan fingerprint density at radius 2 is 1.84 bits per heavy atom. The quantitative estimate of drug-likeness (QED) is 0.604. The Morgan fingerprint density at radius 3 is 2.37 bits per heavy atom. The molecule has 0 saturated carbocycles. The van der Waals surface area contributed by atoms with Crippen molar-refractivity contribution >= 4 is 39.8 Å². The molecule has 1 heterocycles. The molecule has 0 bridgehead atoms. The van der Waals surface area contributed by atoms with E-state index in [1.807, 2.05) is 19.1 Å². The summed E-state index contributed by atoms with van der Waals surface area (Å²) in [7, 11) is 0. The van der Waals surface area contributed by atoms with Gasteiger partial charge in [0.05, 0.1) is 21.2 Å². The van der Waals surface area contributed by atoms with E-state index in [4.69, 9.17) is 29.0 Å². The van der Waals surface area contributed by atoms with E-state index in [1.54, 1.807) is 0 Å². The number of anilines is 1. The topological polar surface area (TPSA) is 50.9 Å². The van der Waals surface area contributed by atoms with Crippen molar-refractivity contribution in [2.24, 2.45) is 5.84 Å². The summed E-state index contributed by atoms with van der Waals surface area (Å²) in [6.07, 6.45) is 0. The number of halogens is 2. The molecule has 2 rings (SSSR count). The van der Waals surface area contributed by atoms with Crippen molar-refractivity contribution in [1.29, 1.82) is 0 Å². The van der Waals surface area contributed by atoms with E-state index in [-0.39, 0.29) is 5.41 Å². The molecule has 0 spiro atoms. The number of benzene rings is 1. The maximum absolute atomic E-state index is 6.35. The van der Waals surface area contributed by atoms with Gasteiger partial charge in [-0.25, -0.2) is 0 Å². The molecule has 0 saturated heterocycles. The average Bonchev–Trinajstić information content (AvgIpc) is 2.33. The second-order valence-electron chi connectivity index (χ2n) is 5.66. The van der Waals surface area contributed by atoms with E-state index in [0.717, 1.165) is 22.3 Å². The molecule has 5 heteroatoms. The Morgan fingerprint density at radius 1 is 1.21 bits per heavy atom. The molecular formula is C14H17Cl2N3. The molecule has 2 aromatic rings. The summed E-state index contributed by atoms with van der Waals surface area (Å²) >= 11 is 12.6. The van der Waals surface area contributed by atoms with Gasteiger partial charge in [0.15, 0.2) is 0 Å². The van der Waals surface area contributed by atoms with Crippen LogP contribution >= 0.6 is 23.2 Å². The first kappa shape index (κ1) is 14.4. The minimum Gasteiger partial charge on any atom is -0.323 e. The Labute approximate surface area is 123 Å². The number of nitrogens with two attached hydrogens (primary N) is 1. The van der Waals surface area contributed by atoms with Crippen LogP contribution in [0.5, 0.6) is 0 Å². The maximum atomic E-state index is 6.35. The van der Waals surface area contributed by atoms with Crippen molar-refractivity contribution in [2.45, 2.75) is 33.1 Å². The molecule has 0 amide bonds. The van der Waals surface area contributed by atoms with Gasteiger partial charge in [0, 0.05) is 16.5 Å². The summed E-state index contributed by atoms with van der Waals surface area (Å²) in [5.41, 5.74) is 5.83. The molecule has 19 heavy (non-hydrogen) atoms. The van der Waals surface area contributed by atoms with Gasteiger partial charge >= 0.3 is 0 Å². The lowest BCUT2D eigenvalue weighted by atomic mass is 9.90. The molecule has 3 N–H and O–H groups in total. The number of hydrogen-bond donors (Lipinski definition) is 2. The van der Waals surface area contributed by atoms with Gasteiger partial charge in [0.1, 0.15) is 0 Å². The zero-order chi connectivity index (χ0) is 14.4. The van der Waals surface area contributed by atoms with Crippen LogP contribution in [0.1, 0.15) is 32.0 Å². The minimum absolute atomic E-state index is 0.0967. The Bertz CT molecular complexity index is 645. The highest BCUT2D eigenvalue weighted by molar-refractivity contribution is 6.41. The number of aryl methyl sites for hydroxylation is 1. The number of rotatable bonds is 1. The molecule has 3 nitrogen and oxygen atoms in total. The Hall–Kier alpha value is -1.03. The van der Waals surface area contributed by atoms with Crippen molar-refractivity contribution in [1.82, 2.24) is 4.98 Å². The summed E-state index contributed by atoms with van der Waals surface area (Å²) in [5, 5.41) is 1.97. The zero-order valence-electron chi connectivity index (χ0n) is 11.4. The maximum Gasteiger partial charge on any atom is 0.0928 e. The van der Waals surface area contributed by atoms with Crippen LogP contribution in [0.2, 0.25) is 10.0 Å². The van der Waals surface area contributed by atoms with Gasteiger partial charge in [0.2, 0.25) is 0 Å². The normalized spacial score (nSPS) is 11.9.